The van der Waals surface area contributed by atoms with Gasteiger partial charge in [-0.2, -0.15) is 0 Å². The van der Waals surface area contributed by atoms with Crippen LogP contribution >= 0.6 is 0 Å². The molecule has 6 heteroatoms. The molecule has 0 spiro atoms. The number of nitrogen functional groups attached to an aromatic ring is 1. The number of halogens is 2. The van der Waals surface area contributed by atoms with Gasteiger partial charge in [-0.05, 0) is 30.7 Å². The summed E-state index contributed by atoms with van der Waals surface area (Å²) < 4.78 is 32.3. The Bertz CT molecular complexity index is 702. The lowest BCUT2D eigenvalue weighted by molar-refractivity contribution is 0.0602. The maximum atomic E-state index is 14.0. The maximum Gasteiger partial charge on any atom is 0.340 e. The summed E-state index contributed by atoms with van der Waals surface area (Å²) in [5.41, 5.74) is 6.22. The molecule has 0 saturated heterocycles. The van der Waals surface area contributed by atoms with Crippen molar-refractivity contribution in [3.8, 4) is 0 Å². The van der Waals surface area contributed by atoms with Crippen LogP contribution in [0.2, 0.25) is 0 Å². The molecule has 110 valence electrons. The van der Waals surface area contributed by atoms with E-state index in [1.165, 1.54) is 38.3 Å². The number of para-hydroxylation sites is 1. The Morgan fingerprint density at radius 2 is 1.95 bits per heavy atom. The van der Waals surface area contributed by atoms with E-state index < -0.39 is 17.6 Å². The van der Waals surface area contributed by atoms with E-state index in [4.69, 9.17) is 5.73 Å². The molecule has 0 fully saturated rings. The Morgan fingerprint density at radius 1 is 1.24 bits per heavy atom. The summed E-state index contributed by atoms with van der Waals surface area (Å²) in [7, 11) is 1.22. The highest BCUT2D eigenvalue weighted by molar-refractivity contribution is 5.98. The molecular formula is C15H14F2N2O2. The highest BCUT2D eigenvalue weighted by Crippen LogP contribution is 2.30. The topological polar surface area (TPSA) is 64.3 Å². The van der Waals surface area contributed by atoms with Crippen molar-refractivity contribution in [2.75, 3.05) is 18.2 Å². The Balaban J connectivity index is 2.46. The normalized spacial score (nSPS) is 10.3. The van der Waals surface area contributed by atoms with Crippen LogP contribution in [0.3, 0.4) is 0 Å². The molecule has 3 N–H and O–H groups in total. The molecule has 0 atom stereocenters. The van der Waals surface area contributed by atoms with E-state index in [0.29, 0.717) is 5.56 Å². The standard InChI is InChI=1S/C15H14F2N2O2/c1-8-6-7-10(16)14(12(8)17)19-11-5-3-4-9(13(11)18)15(20)21-2/h3-7,19H,18H2,1-2H3. The van der Waals surface area contributed by atoms with Crippen LogP contribution in [0.5, 0.6) is 0 Å². The number of aryl methyl sites for hydroxylation is 1. The average Bonchev–Trinajstić information content (AvgIpc) is 2.48. The van der Waals surface area contributed by atoms with E-state index in [1.54, 1.807) is 0 Å². The summed E-state index contributed by atoms with van der Waals surface area (Å²) in [6, 6.07) is 7.01. The Hall–Kier alpha value is -2.63. The molecule has 0 bridgehead atoms. The van der Waals surface area contributed by atoms with E-state index in [2.05, 4.69) is 10.1 Å². The van der Waals surface area contributed by atoms with Crippen molar-refractivity contribution in [3.05, 3.63) is 53.1 Å². The molecule has 2 aromatic carbocycles. The zero-order valence-electron chi connectivity index (χ0n) is 11.5. The van der Waals surface area contributed by atoms with Crippen LogP contribution in [-0.2, 0) is 4.74 Å². The Morgan fingerprint density at radius 3 is 2.62 bits per heavy atom. The molecule has 0 saturated carbocycles. The minimum atomic E-state index is -0.749. The largest absolute Gasteiger partial charge is 0.465 e. The first-order valence-corrected chi connectivity index (χ1v) is 6.14. The van der Waals surface area contributed by atoms with Crippen LogP contribution < -0.4 is 11.1 Å². The fraction of sp³-hybridized carbons (Fsp3) is 0.133. The molecule has 0 heterocycles. The average molecular weight is 292 g/mol. The van der Waals surface area contributed by atoms with Gasteiger partial charge in [-0.25, -0.2) is 13.6 Å². The van der Waals surface area contributed by atoms with Gasteiger partial charge in [-0.15, -0.1) is 0 Å². The first-order chi connectivity index (χ1) is 9.95. The molecule has 2 rings (SSSR count). The molecule has 21 heavy (non-hydrogen) atoms. The second-order valence-electron chi connectivity index (χ2n) is 4.44. The highest BCUT2D eigenvalue weighted by Gasteiger charge is 2.16. The third kappa shape index (κ3) is 2.79. The lowest BCUT2D eigenvalue weighted by atomic mass is 10.1. The summed E-state index contributed by atoms with van der Waals surface area (Å²) in [4.78, 5) is 11.5. The van der Waals surface area contributed by atoms with Crippen molar-refractivity contribution in [2.45, 2.75) is 6.92 Å². The fourth-order valence-electron chi connectivity index (χ4n) is 1.87. The van der Waals surface area contributed by atoms with E-state index in [0.717, 1.165) is 6.07 Å². The molecule has 0 radical (unpaired) electrons. The smallest absolute Gasteiger partial charge is 0.340 e. The number of hydrogen-bond donors (Lipinski definition) is 2. The fourth-order valence-corrected chi connectivity index (χ4v) is 1.87. The van der Waals surface area contributed by atoms with Crippen molar-refractivity contribution >= 4 is 23.0 Å². The van der Waals surface area contributed by atoms with Gasteiger partial charge >= 0.3 is 5.97 Å². The number of rotatable bonds is 3. The number of carbonyl (C=O) groups excluding carboxylic acids is 1. The molecule has 0 unspecified atom stereocenters. The maximum absolute atomic E-state index is 14.0. The van der Waals surface area contributed by atoms with Gasteiger partial charge in [0.15, 0.2) is 5.82 Å². The minimum Gasteiger partial charge on any atom is -0.465 e. The summed E-state index contributed by atoms with van der Waals surface area (Å²) in [6.45, 7) is 1.52. The number of anilines is 3. The van der Waals surface area contributed by atoms with Gasteiger partial charge in [0, 0.05) is 0 Å². The van der Waals surface area contributed by atoms with Crippen molar-refractivity contribution in [3.63, 3.8) is 0 Å². The summed E-state index contributed by atoms with van der Waals surface area (Å²) in [5, 5.41) is 2.59. The van der Waals surface area contributed by atoms with Gasteiger partial charge in [-0.3, -0.25) is 0 Å². The van der Waals surface area contributed by atoms with E-state index >= 15 is 0 Å². The monoisotopic (exact) mass is 292 g/mol. The number of nitrogens with two attached hydrogens (primary N) is 1. The van der Waals surface area contributed by atoms with Crippen molar-refractivity contribution in [1.29, 1.82) is 0 Å². The number of ether oxygens (including phenoxy) is 1. The summed E-state index contributed by atoms with van der Waals surface area (Å²) in [6.07, 6.45) is 0. The van der Waals surface area contributed by atoms with Crippen LogP contribution in [0.1, 0.15) is 15.9 Å². The highest BCUT2D eigenvalue weighted by atomic mass is 19.1. The van der Waals surface area contributed by atoms with Gasteiger partial charge in [0.2, 0.25) is 0 Å². The quantitative estimate of drug-likeness (QED) is 0.672. The summed E-state index contributed by atoms with van der Waals surface area (Å²) >= 11 is 0. The Labute approximate surface area is 120 Å². The third-order valence-electron chi connectivity index (χ3n) is 3.06. The van der Waals surface area contributed by atoms with Crippen LogP contribution in [0.25, 0.3) is 0 Å². The van der Waals surface area contributed by atoms with E-state index in [1.807, 2.05) is 0 Å². The number of carbonyl (C=O) groups is 1. The summed E-state index contributed by atoms with van der Waals surface area (Å²) in [5.74, 6) is -2.08. The molecule has 4 nitrogen and oxygen atoms in total. The second kappa shape index (κ2) is 5.78. The predicted octanol–water partition coefficient (Wildman–Crippen LogP) is 3.39. The van der Waals surface area contributed by atoms with Gasteiger partial charge in [0.05, 0.1) is 24.0 Å². The molecule has 0 aromatic heterocycles. The number of benzene rings is 2. The van der Waals surface area contributed by atoms with Gasteiger partial charge in [0.1, 0.15) is 11.5 Å². The molecule has 0 amide bonds. The third-order valence-corrected chi connectivity index (χ3v) is 3.06. The van der Waals surface area contributed by atoms with Gasteiger partial charge in [0.25, 0.3) is 0 Å². The predicted molar refractivity (Wildman–Crippen MR) is 76.6 cm³/mol. The van der Waals surface area contributed by atoms with Gasteiger partial charge in [-0.1, -0.05) is 12.1 Å². The van der Waals surface area contributed by atoms with Crippen LogP contribution in [-0.4, -0.2) is 13.1 Å². The van der Waals surface area contributed by atoms with Crippen LogP contribution in [0, 0.1) is 18.6 Å². The zero-order chi connectivity index (χ0) is 15.6. The molecule has 0 aliphatic heterocycles. The molecule has 0 aliphatic rings. The zero-order valence-corrected chi connectivity index (χ0v) is 11.5. The Kier molecular flexibility index (Phi) is 4.07. The lowest BCUT2D eigenvalue weighted by Gasteiger charge is -2.14. The second-order valence-corrected chi connectivity index (χ2v) is 4.44. The van der Waals surface area contributed by atoms with Crippen molar-refractivity contribution in [1.82, 2.24) is 0 Å². The first kappa shape index (κ1) is 14.8. The van der Waals surface area contributed by atoms with Crippen LogP contribution in [0.15, 0.2) is 30.3 Å². The van der Waals surface area contributed by atoms with E-state index in [-0.39, 0.29) is 22.6 Å². The number of esters is 1. The molecular weight excluding hydrogens is 278 g/mol. The van der Waals surface area contributed by atoms with Crippen LogP contribution in [0.4, 0.5) is 25.8 Å². The van der Waals surface area contributed by atoms with E-state index in [9.17, 15) is 13.6 Å². The van der Waals surface area contributed by atoms with Crippen molar-refractivity contribution < 1.29 is 18.3 Å². The lowest BCUT2D eigenvalue weighted by Crippen LogP contribution is -2.08. The number of methoxy groups -OCH3 is 1. The van der Waals surface area contributed by atoms with Crippen molar-refractivity contribution in [2.24, 2.45) is 0 Å². The SMILES string of the molecule is COC(=O)c1cccc(Nc2c(F)ccc(C)c2F)c1N. The first-order valence-electron chi connectivity index (χ1n) is 6.14. The number of nitrogens with one attached hydrogen (secondary N) is 1. The minimum absolute atomic E-state index is 0.0599. The van der Waals surface area contributed by atoms with Gasteiger partial charge < -0.3 is 15.8 Å². The molecule has 2 aromatic rings. The number of hydrogen-bond acceptors (Lipinski definition) is 4. The molecule has 0 aliphatic carbocycles.